The first-order chi connectivity index (χ1) is 14.8. The van der Waals surface area contributed by atoms with E-state index in [4.69, 9.17) is 0 Å². The molecule has 2 heterocycles. The summed E-state index contributed by atoms with van der Waals surface area (Å²) in [5.74, 6) is -0.0173. The molecule has 0 aromatic heterocycles. The van der Waals surface area contributed by atoms with Crippen LogP contribution in [0, 0.1) is 25.2 Å². The molecule has 156 valence electrons. The lowest BCUT2D eigenvalue weighted by Crippen LogP contribution is -2.50. The van der Waals surface area contributed by atoms with Gasteiger partial charge in [0, 0.05) is 11.9 Å². The second-order valence-electron chi connectivity index (χ2n) is 7.44. The minimum absolute atomic E-state index is 0.0173. The molecule has 0 amide bonds. The number of halogens is 3. The van der Waals surface area contributed by atoms with Gasteiger partial charge in [0.1, 0.15) is 6.07 Å². The van der Waals surface area contributed by atoms with Crippen molar-refractivity contribution in [3.05, 3.63) is 101 Å². The molecule has 7 heteroatoms. The fourth-order valence-electron chi connectivity index (χ4n) is 3.65. The van der Waals surface area contributed by atoms with E-state index in [2.05, 4.69) is 10.3 Å². The molecule has 4 rings (SSSR count). The van der Waals surface area contributed by atoms with Crippen molar-refractivity contribution in [3.8, 4) is 6.07 Å². The molecule has 1 atom stereocenters. The quantitative estimate of drug-likeness (QED) is 0.678. The highest BCUT2D eigenvalue weighted by Gasteiger charge is 2.62. The zero-order chi connectivity index (χ0) is 22.2. The van der Waals surface area contributed by atoms with E-state index >= 15 is 0 Å². The average Bonchev–Trinajstić information content (AvgIpc) is 2.75. The molecule has 0 saturated carbocycles. The number of benzene rings is 2. The highest BCUT2D eigenvalue weighted by Crippen LogP contribution is 2.51. The van der Waals surface area contributed by atoms with Crippen molar-refractivity contribution in [2.45, 2.75) is 25.6 Å². The van der Waals surface area contributed by atoms with Gasteiger partial charge in [-0.2, -0.15) is 18.4 Å². The lowest BCUT2D eigenvalue weighted by molar-refractivity contribution is -0.177. The van der Waals surface area contributed by atoms with E-state index in [0.717, 1.165) is 11.1 Å². The van der Waals surface area contributed by atoms with Gasteiger partial charge in [-0.25, -0.2) is 4.99 Å². The monoisotopic (exact) mass is 420 g/mol. The maximum Gasteiger partial charge on any atom is 0.422 e. The van der Waals surface area contributed by atoms with Crippen molar-refractivity contribution in [2.75, 3.05) is 5.32 Å². The fourth-order valence-corrected chi connectivity index (χ4v) is 3.65. The van der Waals surface area contributed by atoms with Crippen LogP contribution in [0.5, 0.6) is 0 Å². The molecular weight excluding hydrogens is 401 g/mol. The van der Waals surface area contributed by atoms with Crippen molar-refractivity contribution >= 4 is 11.6 Å². The van der Waals surface area contributed by atoms with Crippen molar-refractivity contribution < 1.29 is 13.2 Å². The smallest absolute Gasteiger partial charge is 0.326 e. The Morgan fingerprint density at radius 2 is 1.58 bits per heavy atom. The van der Waals surface area contributed by atoms with Gasteiger partial charge < -0.3 is 5.32 Å². The maximum atomic E-state index is 14.8. The Kier molecular flexibility index (Phi) is 4.94. The fraction of sp³-hybridized carbons (Fsp3) is 0.167. The second kappa shape index (κ2) is 7.47. The van der Waals surface area contributed by atoms with Gasteiger partial charge in [-0.05, 0) is 43.7 Å². The number of anilines is 1. The van der Waals surface area contributed by atoms with Crippen LogP contribution in [0.25, 0.3) is 0 Å². The van der Waals surface area contributed by atoms with Crippen LogP contribution in [0.4, 0.5) is 18.9 Å². The van der Waals surface area contributed by atoms with E-state index in [0.29, 0.717) is 5.69 Å². The first kappa shape index (κ1) is 20.5. The van der Waals surface area contributed by atoms with E-state index in [-0.39, 0.29) is 17.2 Å². The normalized spacial score (nSPS) is 20.3. The molecule has 0 bridgehead atoms. The number of fused-ring (bicyclic) bond motifs is 1. The van der Waals surface area contributed by atoms with Crippen molar-refractivity contribution in [3.63, 3.8) is 0 Å². The molecule has 0 spiro atoms. The summed E-state index contributed by atoms with van der Waals surface area (Å²) >= 11 is 0. The molecule has 0 unspecified atom stereocenters. The molecule has 0 saturated heterocycles. The summed E-state index contributed by atoms with van der Waals surface area (Å²) in [5.41, 5.74) is -0.858. The number of nitriles is 1. The largest absolute Gasteiger partial charge is 0.422 e. The summed E-state index contributed by atoms with van der Waals surface area (Å²) in [6.45, 7) is 3.71. The Bertz CT molecular complexity index is 1160. The van der Waals surface area contributed by atoms with Crippen LogP contribution >= 0.6 is 0 Å². The predicted molar refractivity (Wildman–Crippen MR) is 114 cm³/mol. The molecular formula is C24H19F3N4. The Labute approximate surface area is 178 Å². The van der Waals surface area contributed by atoms with Crippen LogP contribution in [-0.2, 0) is 5.54 Å². The number of hydrogen-bond acceptors (Lipinski definition) is 4. The summed E-state index contributed by atoms with van der Waals surface area (Å²) < 4.78 is 44.3. The van der Waals surface area contributed by atoms with E-state index in [1.807, 2.05) is 19.1 Å². The molecule has 2 aromatic rings. The van der Waals surface area contributed by atoms with E-state index in [1.54, 1.807) is 55.6 Å². The van der Waals surface area contributed by atoms with Gasteiger partial charge in [-0.15, -0.1) is 0 Å². The first-order valence-electron chi connectivity index (χ1n) is 9.62. The minimum Gasteiger partial charge on any atom is -0.326 e. The third-order valence-electron chi connectivity index (χ3n) is 5.28. The molecule has 2 aliphatic rings. The zero-order valence-electron chi connectivity index (χ0n) is 16.9. The number of nitrogens with one attached hydrogen (secondary N) is 1. The first-order valence-corrected chi connectivity index (χ1v) is 9.62. The Morgan fingerprint density at radius 3 is 2.16 bits per heavy atom. The summed E-state index contributed by atoms with van der Waals surface area (Å²) in [7, 11) is 0. The highest BCUT2D eigenvalue weighted by molar-refractivity contribution is 5.98. The summed E-state index contributed by atoms with van der Waals surface area (Å²) in [6, 6.07) is 15.0. The van der Waals surface area contributed by atoms with Gasteiger partial charge >= 0.3 is 6.18 Å². The summed E-state index contributed by atoms with van der Waals surface area (Å²) in [5, 5.41) is 12.9. The third kappa shape index (κ3) is 3.40. The Morgan fingerprint density at radius 1 is 0.968 bits per heavy atom. The van der Waals surface area contributed by atoms with Crippen molar-refractivity contribution in [1.29, 1.82) is 5.26 Å². The van der Waals surface area contributed by atoms with Gasteiger partial charge in [0.05, 0.1) is 11.3 Å². The van der Waals surface area contributed by atoms with Gasteiger partial charge in [-0.3, -0.25) is 4.90 Å². The molecule has 2 aliphatic heterocycles. The number of alkyl halides is 3. The predicted octanol–water partition coefficient (Wildman–Crippen LogP) is 5.71. The van der Waals surface area contributed by atoms with Gasteiger partial charge in [0.25, 0.3) is 0 Å². The standard InChI is InChI=1S/C24H19F3N4/c1-16-6-10-18(11-7-16)23(24(25,26)27)20(15-28)21-5-3-4-14-31(21)22(30-23)29-19-12-8-17(2)9-13-19/h3-14H,1-2H3,(H,29,30)/t23-/m1/s1. The lowest BCUT2D eigenvalue weighted by atomic mass is 9.80. The number of nitrogens with zero attached hydrogens (tertiary/aromatic N) is 3. The molecule has 1 N–H and O–H groups in total. The number of allylic oxidation sites excluding steroid dienone is 3. The van der Waals surface area contributed by atoms with Crippen LogP contribution in [0.15, 0.2) is 89.2 Å². The van der Waals surface area contributed by atoms with E-state index in [9.17, 15) is 18.4 Å². The number of aliphatic imine (C=N–C) groups is 1. The summed E-state index contributed by atoms with van der Waals surface area (Å²) in [4.78, 5) is 5.65. The van der Waals surface area contributed by atoms with Crippen molar-refractivity contribution in [2.24, 2.45) is 4.99 Å². The zero-order valence-corrected chi connectivity index (χ0v) is 16.9. The van der Waals surface area contributed by atoms with Crippen molar-refractivity contribution in [1.82, 2.24) is 4.90 Å². The molecule has 0 fully saturated rings. The van der Waals surface area contributed by atoms with Crippen LogP contribution < -0.4 is 5.32 Å². The molecule has 31 heavy (non-hydrogen) atoms. The number of hydrogen-bond donors (Lipinski definition) is 1. The highest BCUT2D eigenvalue weighted by atomic mass is 19.4. The summed E-state index contributed by atoms with van der Waals surface area (Å²) in [6.07, 6.45) is 1.52. The molecule has 2 aromatic carbocycles. The lowest BCUT2D eigenvalue weighted by Gasteiger charge is -2.41. The van der Waals surface area contributed by atoms with Crippen LogP contribution in [0.3, 0.4) is 0 Å². The number of guanidine groups is 1. The van der Waals surface area contributed by atoms with Gasteiger partial charge in [0.15, 0.2) is 0 Å². The number of aryl methyl sites for hydroxylation is 2. The van der Waals surface area contributed by atoms with Crippen LogP contribution in [0.2, 0.25) is 0 Å². The van der Waals surface area contributed by atoms with Gasteiger partial charge in [-0.1, -0.05) is 53.6 Å². The minimum atomic E-state index is -4.85. The number of rotatable bonds is 2. The van der Waals surface area contributed by atoms with Crippen LogP contribution in [0.1, 0.15) is 16.7 Å². The SMILES string of the molecule is Cc1ccc(NC2=N[C@@](c3ccc(C)cc3)(C(F)(F)F)C(C#N)=C3C=CC=CN23)cc1. The molecule has 0 radical (unpaired) electrons. The van der Waals surface area contributed by atoms with Gasteiger partial charge in [0.2, 0.25) is 11.5 Å². The maximum absolute atomic E-state index is 14.8. The topological polar surface area (TPSA) is 51.4 Å². The van der Waals surface area contributed by atoms with E-state index < -0.39 is 17.3 Å². The third-order valence-corrected chi connectivity index (χ3v) is 5.28. The van der Waals surface area contributed by atoms with E-state index in [1.165, 1.54) is 23.1 Å². The molecule has 4 nitrogen and oxygen atoms in total. The van der Waals surface area contributed by atoms with Crippen LogP contribution in [-0.4, -0.2) is 17.0 Å². The average molecular weight is 420 g/mol. The second-order valence-corrected chi connectivity index (χ2v) is 7.44. The Balaban J connectivity index is 1.98. The Hall–Kier alpha value is -3.79. The molecule has 0 aliphatic carbocycles.